The van der Waals surface area contributed by atoms with Gasteiger partial charge in [-0.3, -0.25) is 0 Å². The molecule has 65 heavy (non-hydrogen) atoms. The quantitative estimate of drug-likeness (QED) is 0.158. The predicted octanol–water partition coefficient (Wildman–Crippen LogP) is 14.0. The van der Waals surface area contributed by atoms with Gasteiger partial charge in [-0.05, 0) is 118 Å². The van der Waals surface area contributed by atoms with Gasteiger partial charge in [-0.15, -0.1) is 9.13 Å². The maximum Gasteiger partial charge on any atom is 0.499 e. The number of imidazole rings is 1. The van der Waals surface area contributed by atoms with Crippen molar-refractivity contribution in [3.8, 4) is 89.7 Å². The van der Waals surface area contributed by atoms with Gasteiger partial charge in [-0.1, -0.05) is 154 Å². The van der Waals surface area contributed by atoms with E-state index in [-0.39, 0.29) is 5.41 Å². The van der Waals surface area contributed by atoms with Crippen LogP contribution in [-0.4, -0.2) is 4.57 Å². The largest absolute Gasteiger partial charge is 0.499 e. The molecule has 3 aliphatic heterocycles. The SMILES string of the molecule is Cc1ccc(-c2cc[n+]3c(c2)-c2cc(-c4ccccc4)cc4c2C32Oc3ccccc3-c3n(-c5cc(C)c(-c6ccc(C(C)(C)C)cc6)cc5-c5ccccc5)c5cccc-4c5[n+]32)cc1. The molecule has 2 aromatic heterocycles. The van der Waals surface area contributed by atoms with Gasteiger partial charge in [-0.25, -0.2) is 0 Å². The summed E-state index contributed by atoms with van der Waals surface area (Å²) in [6.07, 6.45) is 2.26. The van der Waals surface area contributed by atoms with Crippen LogP contribution in [0.3, 0.4) is 0 Å². The molecule has 10 aromatic rings. The first-order chi connectivity index (χ1) is 31.7. The highest BCUT2D eigenvalue weighted by Gasteiger charge is 2.68. The summed E-state index contributed by atoms with van der Waals surface area (Å²) in [6.45, 7) is 11.2. The van der Waals surface area contributed by atoms with E-state index in [1.165, 1.54) is 77.9 Å². The minimum Gasteiger partial charge on any atom is -0.392 e. The molecule has 0 saturated carbocycles. The maximum atomic E-state index is 7.72. The Labute approximate surface area is 379 Å². The molecule has 1 spiro atoms. The van der Waals surface area contributed by atoms with E-state index in [0.717, 1.165) is 45.1 Å². The van der Waals surface area contributed by atoms with Gasteiger partial charge in [0, 0.05) is 28.8 Å². The average Bonchev–Trinajstić information content (AvgIpc) is 3.83. The molecule has 0 fully saturated rings. The normalized spacial score (nSPS) is 15.0. The third-order valence-electron chi connectivity index (χ3n) is 14.1. The topological polar surface area (TPSA) is 21.9 Å². The van der Waals surface area contributed by atoms with Gasteiger partial charge < -0.3 is 4.74 Å². The summed E-state index contributed by atoms with van der Waals surface area (Å²) in [6, 6.07) is 69.5. The molecule has 0 N–H and O–H groups in total. The van der Waals surface area contributed by atoms with Crippen molar-refractivity contribution >= 4 is 11.0 Å². The molecule has 13 rings (SSSR count). The number of benzene rings is 8. The minimum absolute atomic E-state index is 0.0732. The Morgan fingerprint density at radius 1 is 0.492 bits per heavy atom. The molecular formula is C61H47N3O+2. The molecule has 0 radical (unpaired) electrons. The molecule has 0 saturated heterocycles. The lowest BCUT2D eigenvalue weighted by molar-refractivity contribution is -0.997. The van der Waals surface area contributed by atoms with E-state index in [9.17, 15) is 0 Å². The molecule has 4 heteroatoms. The van der Waals surface area contributed by atoms with Gasteiger partial charge in [0.25, 0.3) is 0 Å². The Hall–Kier alpha value is -7.82. The van der Waals surface area contributed by atoms with E-state index in [4.69, 9.17) is 4.74 Å². The Kier molecular flexibility index (Phi) is 7.89. The van der Waals surface area contributed by atoms with Crippen molar-refractivity contribution in [1.29, 1.82) is 0 Å². The molecule has 0 aliphatic carbocycles. The Morgan fingerprint density at radius 3 is 1.89 bits per heavy atom. The zero-order valence-corrected chi connectivity index (χ0v) is 37.2. The molecular weight excluding hydrogens is 791 g/mol. The lowest BCUT2D eigenvalue weighted by Crippen LogP contribution is -2.78. The van der Waals surface area contributed by atoms with Crippen LogP contribution in [0.1, 0.15) is 43.0 Å². The highest BCUT2D eigenvalue weighted by molar-refractivity contribution is 6.00. The van der Waals surface area contributed by atoms with Crippen LogP contribution in [0.5, 0.6) is 5.75 Å². The predicted molar refractivity (Wildman–Crippen MR) is 263 cm³/mol. The Morgan fingerprint density at radius 2 is 1.14 bits per heavy atom. The number of para-hydroxylation sites is 2. The Balaban J connectivity index is 1.15. The number of fused-ring (bicyclic) bond motifs is 5. The third-order valence-corrected chi connectivity index (χ3v) is 14.1. The fourth-order valence-electron chi connectivity index (χ4n) is 10.9. The zero-order valence-electron chi connectivity index (χ0n) is 37.2. The van der Waals surface area contributed by atoms with Gasteiger partial charge in [0.15, 0.2) is 17.2 Å². The lowest BCUT2D eigenvalue weighted by Gasteiger charge is -2.32. The second-order valence-corrected chi connectivity index (χ2v) is 19.1. The standard InChI is InChI=1S/C61H47N3O/c1-38-23-25-41(26-24-38)44-31-32-62-54(36-44)52-35-45(40-15-8-6-9-16-40)34-51-47-20-14-21-53-58(47)64-59(48-19-12-13-22-56(48)65-61(62,64)57(51)52)63(53)55-33-39(2)49(37-50(55)42-17-10-7-11-18-42)43-27-29-46(30-28-43)60(3,4)5/h6-37H,1-5H3/q+2. The van der Waals surface area contributed by atoms with Crippen molar-refractivity contribution in [2.45, 2.75) is 45.9 Å². The minimum atomic E-state index is -1.06. The average molecular weight is 838 g/mol. The lowest BCUT2D eigenvalue weighted by atomic mass is 9.85. The van der Waals surface area contributed by atoms with Gasteiger partial charge in [0.2, 0.25) is 5.69 Å². The fraction of sp³-hybridized carbons (Fsp3) is 0.115. The first-order valence-corrected chi connectivity index (χ1v) is 22.7. The van der Waals surface area contributed by atoms with E-state index < -0.39 is 5.85 Å². The molecule has 8 aromatic carbocycles. The van der Waals surface area contributed by atoms with E-state index >= 15 is 0 Å². The van der Waals surface area contributed by atoms with Crippen LogP contribution >= 0.6 is 0 Å². The first-order valence-electron chi connectivity index (χ1n) is 22.7. The highest BCUT2D eigenvalue weighted by atomic mass is 16.5. The van der Waals surface area contributed by atoms with Crippen molar-refractivity contribution in [3.05, 3.63) is 217 Å². The second kappa shape index (κ2) is 13.6. The molecule has 4 nitrogen and oxygen atoms in total. The first kappa shape index (κ1) is 37.7. The van der Waals surface area contributed by atoms with Crippen molar-refractivity contribution in [1.82, 2.24) is 4.57 Å². The van der Waals surface area contributed by atoms with E-state index in [1.807, 2.05) is 0 Å². The maximum absolute atomic E-state index is 7.72. The summed E-state index contributed by atoms with van der Waals surface area (Å²) in [5.74, 6) is 0.875. The molecule has 3 aliphatic rings. The summed E-state index contributed by atoms with van der Waals surface area (Å²) >= 11 is 0. The molecule has 1 atom stereocenters. The van der Waals surface area contributed by atoms with Crippen molar-refractivity contribution < 1.29 is 13.9 Å². The van der Waals surface area contributed by atoms with Crippen molar-refractivity contribution in [2.75, 3.05) is 0 Å². The zero-order chi connectivity index (χ0) is 43.8. The van der Waals surface area contributed by atoms with Crippen LogP contribution in [0.15, 0.2) is 194 Å². The number of nitrogens with zero attached hydrogens (tertiary/aromatic N) is 3. The Bertz CT molecular complexity index is 3600. The summed E-state index contributed by atoms with van der Waals surface area (Å²) in [5, 5.41) is 0. The fourth-order valence-corrected chi connectivity index (χ4v) is 10.9. The number of aryl methyl sites for hydroxylation is 2. The number of pyridine rings is 1. The molecule has 5 heterocycles. The van der Waals surface area contributed by atoms with Crippen LogP contribution in [0.4, 0.5) is 0 Å². The van der Waals surface area contributed by atoms with E-state index in [1.54, 1.807) is 0 Å². The third kappa shape index (κ3) is 5.37. The smallest absolute Gasteiger partial charge is 0.392 e. The van der Waals surface area contributed by atoms with Crippen molar-refractivity contribution in [3.63, 3.8) is 0 Å². The van der Waals surface area contributed by atoms with Crippen LogP contribution < -0.4 is 13.9 Å². The van der Waals surface area contributed by atoms with E-state index in [2.05, 4.69) is 243 Å². The number of rotatable bonds is 5. The van der Waals surface area contributed by atoms with Crippen LogP contribution in [0.25, 0.3) is 95.0 Å². The monoisotopic (exact) mass is 837 g/mol. The van der Waals surface area contributed by atoms with E-state index in [0.29, 0.717) is 0 Å². The number of ether oxygens (including phenoxy) is 1. The highest BCUT2D eigenvalue weighted by Crippen LogP contribution is 2.54. The number of aromatic nitrogens is 3. The summed E-state index contributed by atoms with van der Waals surface area (Å²) in [7, 11) is 0. The summed E-state index contributed by atoms with van der Waals surface area (Å²) < 4.78 is 15.2. The van der Waals surface area contributed by atoms with Crippen LogP contribution in [0, 0.1) is 13.8 Å². The van der Waals surface area contributed by atoms with Crippen molar-refractivity contribution in [2.24, 2.45) is 0 Å². The van der Waals surface area contributed by atoms with Gasteiger partial charge in [0.1, 0.15) is 22.6 Å². The molecule has 0 bridgehead atoms. The summed E-state index contributed by atoms with van der Waals surface area (Å²) in [5.41, 5.74) is 23.6. The number of hydrogen-bond donors (Lipinski definition) is 0. The molecule has 310 valence electrons. The van der Waals surface area contributed by atoms with Crippen LogP contribution in [-0.2, 0) is 11.3 Å². The molecule has 1 unspecified atom stereocenters. The summed E-state index contributed by atoms with van der Waals surface area (Å²) in [4.78, 5) is 0. The second-order valence-electron chi connectivity index (χ2n) is 19.1. The van der Waals surface area contributed by atoms with Gasteiger partial charge in [-0.2, -0.15) is 4.57 Å². The van der Waals surface area contributed by atoms with Gasteiger partial charge in [0.05, 0.1) is 5.56 Å². The molecule has 0 amide bonds. The van der Waals surface area contributed by atoms with Crippen LogP contribution in [0.2, 0.25) is 0 Å². The van der Waals surface area contributed by atoms with Gasteiger partial charge >= 0.3 is 11.7 Å². The number of hydrogen-bond acceptors (Lipinski definition) is 1.